The summed E-state index contributed by atoms with van der Waals surface area (Å²) in [6.07, 6.45) is 2.25. The van der Waals surface area contributed by atoms with E-state index in [1.807, 2.05) is 30.3 Å². The van der Waals surface area contributed by atoms with Crippen LogP contribution in [-0.4, -0.2) is 37.4 Å². The summed E-state index contributed by atoms with van der Waals surface area (Å²) in [5, 5.41) is 11.6. The number of hydrogen-bond donors (Lipinski definition) is 2. The molecule has 0 spiro atoms. The number of ether oxygens (including phenoxy) is 1. The highest BCUT2D eigenvalue weighted by atomic mass is 32.2. The highest BCUT2D eigenvalue weighted by Crippen LogP contribution is 2.13. The van der Waals surface area contributed by atoms with Crippen LogP contribution in [0.4, 0.5) is 10.5 Å². The summed E-state index contributed by atoms with van der Waals surface area (Å²) in [6.45, 7) is 0.137. The van der Waals surface area contributed by atoms with Gasteiger partial charge in [-0.25, -0.2) is 9.93 Å². The van der Waals surface area contributed by atoms with Gasteiger partial charge in [-0.3, -0.25) is 8.99 Å². The molecule has 0 bridgehead atoms. The van der Waals surface area contributed by atoms with Crippen LogP contribution < -0.4 is 14.8 Å². The van der Waals surface area contributed by atoms with Crippen LogP contribution in [0.5, 0.6) is 0 Å². The second-order valence-corrected chi connectivity index (χ2v) is 6.45. The number of alkyl carbamates (subject to hydrolysis) is 1. The Hall–Kier alpha value is -2.59. The van der Waals surface area contributed by atoms with Crippen LogP contribution in [0.3, 0.4) is 0 Å². The number of nitrogens with zero attached hydrogens (tertiary/aromatic N) is 3. The minimum absolute atomic E-state index is 0.0367. The second-order valence-electron chi connectivity index (χ2n) is 4.98. The Labute approximate surface area is 140 Å². The van der Waals surface area contributed by atoms with Crippen molar-refractivity contribution in [2.75, 3.05) is 17.4 Å². The smallest absolute Gasteiger partial charge is 0.407 e. The van der Waals surface area contributed by atoms with Crippen molar-refractivity contribution in [2.24, 2.45) is 12.2 Å². The second kappa shape index (κ2) is 7.79. The topological polar surface area (TPSA) is 120 Å². The van der Waals surface area contributed by atoms with Gasteiger partial charge in [-0.15, -0.1) is 0 Å². The fourth-order valence-corrected chi connectivity index (χ4v) is 2.71. The van der Waals surface area contributed by atoms with Crippen molar-refractivity contribution in [3.8, 4) is 0 Å². The number of rotatable bonds is 7. The SMILES string of the molecule is Cn1cc(N(CCNC(=O)OCc2ccccc2)S(N)(=O)=O)cn1. The summed E-state index contributed by atoms with van der Waals surface area (Å²) in [6, 6.07) is 9.21. The quantitative estimate of drug-likeness (QED) is 0.744. The molecule has 9 nitrogen and oxygen atoms in total. The summed E-state index contributed by atoms with van der Waals surface area (Å²) >= 11 is 0. The monoisotopic (exact) mass is 353 g/mol. The van der Waals surface area contributed by atoms with Gasteiger partial charge in [-0.2, -0.15) is 13.5 Å². The predicted octanol–water partition coefficient (Wildman–Crippen LogP) is 0.356. The van der Waals surface area contributed by atoms with Crippen molar-refractivity contribution in [1.29, 1.82) is 0 Å². The van der Waals surface area contributed by atoms with Crippen LogP contribution in [0.15, 0.2) is 42.7 Å². The van der Waals surface area contributed by atoms with E-state index in [1.54, 1.807) is 7.05 Å². The minimum atomic E-state index is -3.97. The molecule has 0 unspecified atom stereocenters. The third kappa shape index (κ3) is 5.25. The maximum Gasteiger partial charge on any atom is 0.407 e. The zero-order valence-corrected chi connectivity index (χ0v) is 13.9. The van der Waals surface area contributed by atoms with Crippen molar-refractivity contribution < 1.29 is 17.9 Å². The molecular weight excluding hydrogens is 334 g/mol. The first kappa shape index (κ1) is 17.8. The van der Waals surface area contributed by atoms with E-state index in [2.05, 4.69) is 10.4 Å². The number of nitrogens with two attached hydrogens (primary N) is 1. The summed E-state index contributed by atoms with van der Waals surface area (Å²) in [5.41, 5.74) is 1.17. The molecule has 0 aliphatic carbocycles. The van der Waals surface area contributed by atoms with Crippen LogP contribution in [0.2, 0.25) is 0 Å². The standard InChI is InChI=1S/C14H19N5O4S/c1-18-10-13(9-17-18)19(24(15,21)22)8-7-16-14(20)23-11-12-5-3-2-4-6-12/h2-6,9-10H,7-8,11H2,1H3,(H,16,20)(H2,15,21,22). The highest BCUT2D eigenvalue weighted by molar-refractivity contribution is 7.90. The summed E-state index contributed by atoms with van der Waals surface area (Å²) in [7, 11) is -2.31. The maximum absolute atomic E-state index is 11.7. The van der Waals surface area contributed by atoms with E-state index < -0.39 is 16.3 Å². The van der Waals surface area contributed by atoms with Crippen LogP contribution in [0.25, 0.3) is 0 Å². The van der Waals surface area contributed by atoms with Crippen molar-refractivity contribution in [3.05, 3.63) is 48.3 Å². The highest BCUT2D eigenvalue weighted by Gasteiger charge is 2.19. The molecular formula is C14H19N5O4S. The molecule has 1 aromatic heterocycles. The average molecular weight is 353 g/mol. The molecule has 0 fully saturated rings. The van der Waals surface area contributed by atoms with Gasteiger partial charge in [0.05, 0.1) is 18.4 Å². The van der Waals surface area contributed by atoms with Gasteiger partial charge in [0.25, 0.3) is 10.2 Å². The van der Waals surface area contributed by atoms with Gasteiger partial charge in [0.1, 0.15) is 6.61 Å². The fraction of sp³-hybridized carbons (Fsp3) is 0.286. The number of aromatic nitrogens is 2. The third-order valence-corrected chi connectivity index (χ3v) is 4.09. The largest absolute Gasteiger partial charge is 0.445 e. The number of nitrogens with one attached hydrogen (secondary N) is 1. The lowest BCUT2D eigenvalue weighted by Gasteiger charge is -2.19. The third-order valence-electron chi connectivity index (χ3n) is 3.08. The zero-order valence-electron chi connectivity index (χ0n) is 13.1. The van der Waals surface area contributed by atoms with Gasteiger partial charge < -0.3 is 10.1 Å². The molecule has 0 saturated heterocycles. The molecule has 130 valence electrons. The molecule has 24 heavy (non-hydrogen) atoms. The van der Waals surface area contributed by atoms with Crippen LogP contribution in [0, 0.1) is 0 Å². The van der Waals surface area contributed by atoms with Gasteiger partial charge in [0.2, 0.25) is 0 Å². The number of anilines is 1. The molecule has 0 saturated carbocycles. The molecule has 0 radical (unpaired) electrons. The number of amides is 1. The molecule has 1 heterocycles. The van der Waals surface area contributed by atoms with Crippen molar-refractivity contribution >= 4 is 22.0 Å². The van der Waals surface area contributed by atoms with E-state index in [0.717, 1.165) is 9.87 Å². The van der Waals surface area contributed by atoms with E-state index in [9.17, 15) is 13.2 Å². The number of carbonyl (C=O) groups is 1. The number of hydrogen-bond acceptors (Lipinski definition) is 5. The zero-order chi connectivity index (χ0) is 17.6. The van der Waals surface area contributed by atoms with Crippen molar-refractivity contribution in [2.45, 2.75) is 6.61 Å². The van der Waals surface area contributed by atoms with Gasteiger partial charge in [-0.05, 0) is 5.56 Å². The normalized spacial score (nSPS) is 11.1. The molecule has 3 N–H and O–H groups in total. The minimum Gasteiger partial charge on any atom is -0.445 e. The van der Waals surface area contributed by atoms with E-state index >= 15 is 0 Å². The van der Waals surface area contributed by atoms with Gasteiger partial charge in [0, 0.05) is 19.8 Å². The number of carbonyl (C=O) groups excluding carboxylic acids is 1. The fourth-order valence-electron chi connectivity index (χ4n) is 1.97. The molecule has 1 amide bonds. The maximum atomic E-state index is 11.7. The molecule has 2 aromatic rings. The molecule has 10 heteroatoms. The molecule has 1 aromatic carbocycles. The Bertz CT molecular complexity index is 775. The van der Waals surface area contributed by atoms with Crippen LogP contribution in [-0.2, 0) is 28.6 Å². The van der Waals surface area contributed by atoms with Gasteiger partial charge in [-0.1, -0.05) is 30.3 Å². The lowest BCUT2D eigenvalue weighted by atomic mass is 10.2. The molecule has 0 aliphatic rings. The number of aryl methyl sites for hydroxylation is 1. The summed E-state index contributed by atoms with van der Waals surface area (Å²) in [4.78, 5) is 11.6. The lowest BCUT2D eigenvalue weighted by Crippen LogP contribution is -2.42. The summed E-state index contributed by atoms with van der Waals surface area (Å²) in [5.74, 6) is 0. The lowest BCUT2D eigenvalue weighted by molar-refractivity contribution is 0.140. The van der Waals surface area contributed by atoms with E-state index in [1.165, 1.54) is 17.1 Å². The van der Waals surface area contributed by atoms with E-state index in [-0.39, 0.29) is 19.7 Å². The Morgan fingerprint density at radius 1 is 1.38 bits per heavy atom. The Morgan fingerprint density at radius 3 is 2.67 bits per heavy atom. The van der Waals surface area contributed by atoms with Gasteiger partial charge >= 0.3 is 6.09 Å². The van der Waals surface area contributed by atoms with E-state index in [4.69, 9.17) is 9.88 Å². The van der Waals surface area contributed by atoms with Crippen LogP contribution in [0.1, 0.15) is 5.56 Å². The van der Waals surface area contributed by atoms with Crippen molar-refractivity contribution in [1.82, 2.24) is 15.1 Å². The first-order valence-corrected chi connectivity index (χ1v) is 8.60. The van der Waals surface area contributed by atoms with E-state index in [0.29, 0.717) is 5.69 Å². The average Bonchev–Trinajstić information content (AvgIpc) is 2.95. The number of benzene rings is 1. The van der Waals surface area contributed by atoms with Crippen LogP contribution >= 0.6 is 0 Å². The Balaban J connectivity index is 1.83. The molecule has 0 aliphatic heterocycles. The Morgan fingerprint density at radius 2 is 2.08 bits per heavy atom. The first-order valence-electron chi connectivity index (χ1n) is 7.10. The predicted molar refractivity (Wildman–Crippen MR) is 88.3 cm³/mol. The molecule has 0 atom stereocenters. The Kier molecular flexibility index (Phi) is 5.77. The molecule has 2 rings (SSSR count). The first-order chi connectivity index (χ1) is 11.4. The summed E-state index contributed by atoms with van der Waals surface area (Å²) < 4.78 is 30.7. The van der Waals surface area contributed by atoms with Gasteiger partial charge in [0.15, 0.2) is 0 Å². The van der Waals surface area contributed by atoms with Crippen molar-refractivity contribution in [3.63, 3.8) is 0 Å².